The number of aliphatic hydroxyl groups excluding tert-OH is 1. The van der Waals surface area contributed by atoms with Crippen molar-refractivity contribution >= 4 is 48.7 Å². The fraction of sp³-hybridized carbons (Fsp3) is 0.346. The minimum absolute atomic E-state index is 0.0291. The minimum Gasteiger partial charge on any atom is -0.509 e. The van der Waals surface area contributed by atoms with Crippen molar-refractivity contribution in [3.63, 3.8) is 0 Å². The van der Waals surface area contributed by atoms with Crippen LogP contribution in [0.1, 0.15) is 38.8 Å². The molecule has 2 aliphatic rings. The van der Waals surface area contributed by atoms with Crippen LogP contribution in [0, 0.1) is 18.2 Å². The summed E-state index contributed by atoms with van der Waals surface area (Å²) in [7, 11) is -8.06. The number of hydrogen-bond donors (Lipinski definition) is 3. The lowest BCUT2D eigenvalue weighted by Crippen LogP contribution is -2.43. The van der Waals surface area contributed by atoms with Crippen molar-refractivity contribution in [1.29, 1.82) is 0 Å². The summed E-state index contributed by atoms with van der Waals surface area (Å²) in [5, 5.41) is 14.2. The van der Waals surface area contributed by atoms with Crippen molar-refractivity contribution in [1.82, 2.24) is 4.90 Å². The van der Waals surface area contributed by atoms with Crippen molar-refractivity contribution in [3.8, 4) is 0 Å². The third-order valence-corrected chi connectivity index (χ3v) is 10.3. The van der Waals surface area contributed by atoms with Gasteiger partial charge in [0.2, 0.25) is 19.9 Å². The number of nitrogens with one attached hydrogen (secondary N) is 2. The van der Waals surface area contributed by atoms with Crippen LogP contribution in [-0.4, -0.2) is 44.5 Å². The van der Waals surface area contributed by atoms with E-state index in [1.54, 1.807) is 19.1 Å². The van der Waals surface area contributed by atoms with Gasteiger partial charge in [-0.3, -0.25) is 9.52 Å². The van der Waals surface area contributed by atoms with Crippen molar-refractivity contribution in [2.45, 2.75) is 52.1 Å². The highest BCUT2D eigenvalue weighted by Gasteiger charge is 2.48. The molecule has 210 valence electrons. The zero-order chi connectivity index (χ0) is 29.1. The smallest absolute Gasteiger partial charge is 0.260 e. The zero-order valence-electron chi connectivity index (χ0n) is 22.0. The van der Waals surface area contributed by atoms with Gasteiger partial charge in [-0.25, -0.2) is 21.2 Å². The SMILES string of the molecule is CCS(=O)(=O)Nc1ccc2c(c1)S(=O)(=O)C(Cl)=C(C1=C(O)[C@H](C(C)(C)C)N(Cc3ccc(F)c(C)c3)C1=O)N2. The standard InChI is InChI=1S/C26H29ClFN3O6S2/c1-6-38(34,35)30-16-8-10-18-19(12-16)39(36,37)24(27)21(29-18)20-22(32)23(26(3,4)5)31(25(20)33)13-15-7-9-17(28)14(2)11-15/h7-12,23,29-30,32H,6,13H2,1-5H3/t23-/m1/s1. The topological polar surface area (TPSA) is 133 Å². The molecule has 1 amide bonds. The first-order valence-electron chi connectivity index (χ1n) is 12.0. The number of anilines is 2. The van der Waals surface area contributed by atoms with Gasteiger partial charge in [0.15, 0.2) is 4.36 Å². The molecule has 0 aliphatic carbocycles. The number of benzene rings is 2. The Hall–Kier alpha value is -3.09. The average Bonchev–Trinajstić information content (AvgIpc) is 3.08. The number of aliphatic hydroxyl groups is 1. The number of hydrogen-bond acceptors (Lipinski definition) is 7. The number of nitrogens with zero attached hydrogens (tertiary/aromatic N) is 1. The summed E-state index contributed by atoms with van der Waals surface area (Å²) < 4.78 is 66.2. The summed E-state index contributed by atoms with van der Waals surface area (Å²) in [6, 6.07) is 7.47. The predicted molar refractivity (Wildman–Crippen MR) is 148 cm³/mol. The van der Waals surface area contributed by atoms with E-state index >= 15 is 0 Å². The molecular weight excluding hydrogens is 569 g/mol. The van der Waals surface area contributed by atoms with E-state index in [4.69, 9.17) is 11.6 Å². The molecule has 2 aliphatic heterocycles. The molecule has 3 N–H and O–H groups in total. The van der Waals surface area contributed by atoms with Gasteiger partial charge in [-0.05, 0) is 54.7 Å². The lowest BCUT2D eigenvalue weighted by Gasteiger charge is -2.35. The van der Waals surface area contributed by atoms with Gasteiger partial charge in [0.05, 0.1) is 28.1 Å². The maximum Gasteiger partial charge on any atom is 0.260 e. The highest BCUT2D eigenvalue weighted by atomic mass is 35.5. The molecule has 0 bridgehead atoms. The molecule has 1 atom stereocenters. The van der Waals surface area contributed by atoms with E-state index in [-0.39, 0.29) is 45.6 Å². The second-order valence-corrected chi connectivity index (χ2v) is 15.0. The first-order chi connectivity index (χ1) is 18.0. The fourth-order valence-corrected chi connectivity index (χ4v) is 7.00. The molecule has 0 saturated heterocycles. The third-order valence-electron chi connectivity index (χ3n) is 6.56. The Morgan fingerprint density at radius 1 is 1.18 bits per heavy atom. The highest BCUT2D eigenvalue weighted by molar-refractivity contribution is 7.97. The van der Waals surface area contributed by atoms with Gasteiger partial charge in [0, 0.05) is 12.2 Å². The molecule has 4 rings (SSSR count). The van der Waals surface area contributed by atoms with Crippen LogP contribution < -0.4 is 10.0 Å². The molecule has 0 spiro atoms. The summed E-state index contributed by atoms with van der Waals surface area (Å²) in [5.41, 5.74) is -0.123. The Morgan fingerprint density at radius 2 is 1.85 bits per heavy atom. The van der Waals surface area contributed by atoms with E-state index in [1.807, 2.05) is 20.8 Å². The summed E-state index contributed by atoms with van der Waals surface area (Å²) in [5.74, 6) is -1.60. The normalized spacial score (nSPS) is 19.3. The summed E-state index contributed by atoms with van der Waals surface area (Å²) in [4.78, 5) is 14.9. The van der Waals surface area contributed by atoms with E-state index in [0.717, 1.165) is 6.07 Å². The first kappa shape index (κ1) is 28.9. The number of rotatable bonds is 6. The second-order valence-electron chi connectivity index (χ2n) is 10.5. The molecule has 0 aromatic heterocycles. The van der Waals surface area contributed by atoms with Crippen LogP contribution in [0.25, 0.3) is 0 Å². The lowest BCUT2D eigenvalue weighted by atomic mass is 9.85. The third kappa shape index (κ3) is 5.24. The van der Waals surface area contributed by atoms with E-state index in [0.29, 0.717) is 11.1 Å². The Labute approximate surface area is 232 Å². The van der Waals surface area contributed by atoms with Crippen LogP contribution in [-0.2, 0) is 31.2 Å². The number of carbonyl (C=O) groups is 1. The monoisotopic (exact) mass is 597 g/mol. The molecule has 0 radical (unpaired) electrons. The molecule has 39 heavy (non-hydrogen) atoms. The minimum atomic E-state index is -4.39. The number of aryl methyl sites for hydroxylation is 1. The molecule has 9 nitrogen and oxygen atoms in total. The van der Waals surface area contributed by atoms with Gasteiger partial charge >= 0.3 is 0 Å². The van der Waals surface area contributed by atoms with Gasteiger partial charge in [0.25, 0.3) is 5.91 Å². The van der Waals surface area contributed by atoms with Crippen molar-refractivity contribution < 1.29 is 31.1 Å². The summed E-state index contributed by atoms with van der Waals surface area (Å²) in [6.45, 7) is 8.54. The number of halogens is 2. The van der Waals surface area contributed by atoms with Crippen LogP contribution in [0.5, 0.6) is 0 Å². The molecule has 0 unspecified atom stereocenters. The largest absolute Gasteiger partial charge is 0.509 e. The number of sulfone groups is 1. The maximum absolute atomic E-state index is 13.8. The van der Waals surface area contributed by atoms with Crippen LogP contribution in [0.15, 0.2) is 62.7 Å². The molecule has 0 saturated carbocycles. The van der Waals surface area contributed by atoms with Crippen molar-refractivity contribution in [3.05, 3.63) is 74.7 Å². The van der Waals surface area contributed by atoms with Crippen LogP contribution in [0.4, 0.5) is 15.8 Å². The van der Waals surface area contributed by atoms with Gasteiger partial charge in [0.1, 0.15) is 17.1 Å². The number of amides is 1. The Kier molecular flexibility index (Phi) is 7.28. The van der Waals surface area contributed by atoms with Crippen LogP contribution >= 0.6 is 11.6 Å². The number of carbonyl (C=O) groups excluding carboxylic acids is 1. The second kappa shape index (κ2) is 9.83. The zero-order valence-corrected chi connectivity index (χ0v) is 24.4. The number of sulfonamides is 1. The van der Waals surface area contributed by atoms with Crippen LogP contribution in [0.2, 0.25) is 0 Å². The van der Waals surface area contributed by atoms with E-state index in [2.05, 4.69) is 10.0 Å². The quantitative estimate of drug-likeness (QED) is 0.437. The maximum atomic E-state index is 13.8. The summed E-state index contributed by atoms with van der Waals surface area (Å²) in [6.07, 6.45) is 0. The van der Waals surface area contributed by atoms with Crippen molar-refractivity contribution in [2.75, 3.05) is 15.8 Å². The van der Waals surface area contributed by atoms with E-state index < -0.39 is 47.4 Å². The Morgan fingerprint density at radius 3 is 2.44 bits per heavy atom. The van der Waals surface area contributed by atoms with Crippen molar-refractivity contribution in [2.24, 2.45) is 5.41 Å². The molecule has 13 heteroatoms. The lowest BCUT2D eigenvalue weighted by molar-refractivity contribution is -0.129. The van der Waals surface area contributed by atoms with Gasteiger partial charge in [-0.15, -0.1) is 0 Å². The number of fused-ring (bicyclic) bond motifs is 1. The van der Waals surface area contributed by atoms with Gasteiger partial charge in [-0.2, -0.15) is 0 Å². The molecule has 2 aromatic rings. The van der Waals surface area contributed by atoms with Gasteiger partial charge in [-0.1, -0.05) is 44.5 Å². The first-order valence-corrected chi connectivity index (χ1v) is 15.5. The Bertz CT molecular complexity index is 1660. The fourth-order valence-electron chi connectivity index (χ4n) is 4.67. The predicted octanol–water partition coefficient (Wildman–Crippen LogP) is 4.77. The highest BCUT2D eigenvalue weighted by Crippen LogP contribution is 2.45. The van der Waals surface area contributed by atoms with Crippen LogP contribution in [0.3, 0.4) is 0 Å². The molecular formula is C26H29ClFN3O6S2. The Balaban J connectivity index is 1.79. The summed E-state index contributed by atoms with van der Waals surface area (Å²) >= 11 is 6.37. The molecule has 2 heterocycles. The van der Waals surface area contributed by atoms with E-state index in [1.165, 1.54) is 30.0 Å². The average molecular weight is 598 g/mol. The molecule has 2 aromatic carbocycles. The van der Waals surface area contributed by atoms with E-state index in [9.17, 15) is 31.1 Å². The van der Waals surface area contributed by atoms with Gasteiger partial charge < -0.3 is 15.3 Å². The molecule has 0 fully saturated rings.